The molecule has 0 aromatic heterocycles. The molecule has 0 aliphatic carbocycles. The van der Waals surface area contributed by atoms with Crippen LogP contribution in [0.3, 0.4) is 0 Å². The van der Waals surface area contributed by atoms with Crippen LogP contribution < -0.4 is 4.74 Å². The summed E-state index contributed by atoms with van der Waals surface area (Å²) < 4.78 is 31.5. The monoisotopic (exact) mass is 264 g/mol. The second-order valence-corrected chi connectivity index (χ2v) is 3.95. The molecule has 0 saturated carbocycles. The van der Waals surface area contributed by atoms with Crippen LogP contribution in [0.5, 0.6) is 11.5 Å². The van der Waals surface area contributed by atoms with Crippen molar-refractivity contribution in [2.45, 2.75) is 27.7 Å². The third-order valence-corrected chi connectivity index (χ3v) is 2.47. The van der Waals surface area contributed by atoms with Crippen LogP contribution in [-0.2, 0) is 0 Å². The highest BCUT2D eigenvalue weighted by molar-refractivity contribution is 5.38. The Hall–Kier alpha value is -1.90. The zero-order valence-corrected chi connectivity index (χ0v) is 11.6. The minimum atomic E-state index is -0.905. The van der Waals surface area contributed by atoms with Gasteiger partial charge in [-0.25, -0.2) is 8.78 Å². The molecule has 102 valence electrons. The van der Waals surface area contributed by atoms with E-state index in [0.717, 1.165) is 17.7 Å². The summed E-state index contributed by atoms with van der Waals surface area (Å²) in [5, 5.41) is 0. The fraction of sp³-hybridized carbons (Fsp3) is 0.250. The van der Waals surface area contributed by atoms with E-state index in [4.69, 9.17) is 4.74 Å². The van der Waals surface area contributed by atoms with Crippen molar-refractivity contribution < 1.29 is 13.5 Å². The van der Waals surface area contributed by atoms with Crippen molar-refractivity contribution in [3.8, 4) is 11.5 Å². The fourth-order valence-corrected chi connectivity index (χ4v) is 1.47. The number of halogens is 2. The van der Waals surface area contributed by atoms with Gasteiger partial charge in [-0.3, -0.25) is 0 Å². The molecular formula is C16H18F2O. The van der Waals surface area contributed by atoms with E-state index in [1.54, 1.807) is 19.1 Å². The van der Waals surface area contributed by atoms with Gasteiger partial charge < -0.3 is 4.74 Å². The largest absolute Gasteiger partial charge is 0.457 e. The Morgan fingerprint density at radius 3 is 1.95 bits per heavy atom. The first-order valence-electron chi connectivity index (χ1n) is 6.26. The molecule has 2 aromatic carbocycles. The molecule has 0 radical (unpaired) electrons. The van der Waals surface area contributed by atoms with Gasteiger partial charge in [-0.15, -0.1) is 0 Å². The molecule has 0 spiro atoms. The Kier molecular flexibility index (Phi) is 5.49. The van der Waals surface area contributed by atoms with E-state index >= 15 is 0 Å². The molecule has 3 heteroatoms. The predicted molar refractivity (Wildman–Crippen MR) is 73.7 cm³/mol. The van der Waals surface area contributed by atoms with Crippen LogP contribution in [0, 0.1) is 25.5 Å². The lowest BCUT2D eigenvalue weighted by Crippen LogP contribution is -1.92. The van der Waals surface area contributed by atoms with Gasteiger partial charge in [0.1, 0.15) is 11.5 Å². The molecule has 0 heterocycles. The number of aryl methyl sites for hydroxylation is 2. The first kappa shape index (κ1) is 15.2. The maximum Gasteiger partial charge on any atom is 0.162 e. The van der Waals surface area contributed by atoms with Crippen molar-refractivity contribution in [1.29, 1.82) is 0 Å². The quantitative estimate of drug-likeness (QED) is 0.705. The average Bonchev–Trinajstić information content (AvgIpc) is 2.41. The van der Waals surface area contributed by atoms with Crippen molar-refractivity contribution >= 4 is 0 Å². The fourth-order valence-electron chi connectivity index (χ4n) is 1.47. The molecule has 0 aliphatic rings. The maximum absolute atomic E-state index is 13.1. The van der Waals surface area contributed by atoms with Gasteiger partial charge >= 0.3 is 0 Å². The van der Waals surface area contributed by atoms with E-state index in [2.05, 4.69) is 0 Å². The standard InChI is InChI=1S/C14H12F2O.C2H6/c1-9-3-5-11(6-4-9)17-14-8-13(16)12(15)7-10(14)2;1-2/h3-8H,1-2H3;1-2H3. The minimum Gasteiger partial charge on any atom is -0.457 e. The van der Waals surface area contributed by atoms with Gasteiger partial charge in [0, 0.05) is 6.07 Å². The number of hydrogen-bond donors (Lipinski definition) is 0. The lowest BCUT2D eigenvalue weighted by atomic mass is 10.2. The van der Waals surface area contributed by atoms with Crippen LogP contribution in [-0.4, -0.2) is 0 Å². The summed E-state index contributed by atoms with van der Waals surface area (Å²) in [5.41, 5.74) is 1.67. The van der Waals surface area contributed by atoms with Crippen LogP contribution in [0.4, 0.5) is 8.78 Å². The highest BCUT2D eigenvalue weighted by Gasteiger charge is 2.08. The number of benzene rings is 2. The van der Waals surface area contributed by atoms with E-state index < -0.39 is 11.6 Å². The van der Waals surface area contributed by atoms with Crippen molar-refractivity contribution in [2.75, 3.05) is 0 Å². The van der Waals surface area contributed by atoms with E-state index in [1.165, 1.54) is 0 Å². The molecule has 0 fully saturated rings. The molecular weight excluding hydrogens is 246 g/mol. The van der Waals surface area contributed by atoms with Crippen LogP contribution in [0.15, 0.2) is 36.4 Å². The molecule has 1 nitrogen and oxygen atoms in total. The topological polar surface area (TPSA) is 9.23 Å². The zero-order valence-electron chi connectivity index (χ0n) is 11.6. The minimum absolute atomic E-state index is 0.327. The van der Waals surface area contributed by atoms with Crippen molar-refractivity contribution in [1.82, 2.24) is 0 Å². The summed E-state index contributed by atoms with van der Waals surface area (Å²) >= 11 is 0. The summed E-state index contributed by atoms with van der Waals surface area (Å²) in [4.78, 5) is 0. The third kappa shape index (κ3) is 4.05. The van der Waals surface area contributed by atoms with Crippen LogP contribution in [0.2, 0.25) is 0 Å². The van der Waals surface area contributed by atoms with Crippen LogP contribution in [0.1, 0.15) is 25.0 Å². The normalized spacial score (nSPS) is 9.58. The SMILES string of the molecule is CC.Cc1ccc(Oc2cc(F)c(F)cc2C)cc1. The van der Waals surface area contributed by atoms with Crippen molar-refractivity contribution in [3.05, 3.63) is 59.2 Å². The molecule has 0 N–H and O–H groups in total. The Balaban J connectivity index is 0.000000861. The molecule has 0 bridgehead atoms. The van der Waals surface area contributed by atoms with E-state index in [-0.39, 0.29) is 0 Å². The highest BCUT2D eigenvalue weighted by atomic mass is 19.2. The van der Waals surface area contributed by atoms with Gasteiger partial charge in [0.15, 0.2) is 11.6 Å². The van der Waals surface area contributed by atoms with Gasteiger partial charge in [-0.2, -0.15) is 0 Å². The van der Waals surface area contributed by atoms with E-state index in [0.29, 0.717) is 17.1 Å². The van der Waals surface area contributed by atoms with Gasteiger partial charge in [0.25, 0.3) is 0 Å². The summed E-state index contributed by atoms with van der Waals surface area (Å²) in [5.74, 6) is -0.839. The Morgan fingerprint density at radius 2 is 1.37 bits per heavy atom. The van der Waals surface area contributed by atoms with Crippen molar-refractivity contribution in [2.24, 2.45) is 0 Å². The molecule has 19 heavy (non-hydrogen) atoms. The smallest absolute Gasteiger partial charge is 0.162 e. The van der Waals surface area contributed by atoms with Gasteiger partial charge in [0.05, 0.1) is 0 Å². The Labute approximate surface area is 112 Å². The predicted octanol–water partition coefficient (Wildman–Crippen LogP) is 5.40. The molecule has 0 atom stereocenters. The second-order valence-electron chi connectivity index (χ2n) is 3.95. The number of rotatable bonds is 2. The van der Waals surface area contributed by atoms with E-state index in [1.807, 2.05) is 32.9 Å². The van der Waals surface area contributed by atoms with Gasteiger partial charge in [-0.05, 0) is 37.6 Å². The van der Waals surface area contributed by atoms with E-state index in [9.17, 15) is 8.78 Å². The summed E-state index contributed by atoms with van der Waals surface area (Å²) in [6.07, 6.45) is 0. The molecule has 2 rings (SSSR count). The molecule has 0 saturated heterocycles. The first-order chi connectivity index (χ1) is 9.06. The lowest BCUT2D eigenvalue weighted by molar-refractivity contribution is 0.457. The van der Waals surface area contributed by atoms with Gasteiger partial charge in [0.2, 0.25) is 0 Å². The second kappa shape index (κ2) is 6.88. The third-order valence-electron chi connectivity index (χ3n) is 2.47. The number of hydrogen-bond acceptors (Lipinski definition) is 1. The van der Waals surface area contributed by atoms with Gasteiger partial charge in [-0.1, -0.05) is 31.5 Å². The summed E-state index contributed by atoms with van der Waals surface area (Å²) in [6, 6.07) is 9.55. The summed E-state index contributed by atoms with van der Waals surface area (Å²) in [6.45, 7) is 7.64. The first-order valence-corrected chi connectivity index (χ1v) is 6.26. The Morgan fingerprint density at radius 1 is 0.842 bits per heavy atom. The average molecular weight is 264 g/mol. The Bertz CT molecular complexity index is 533. The molecule has 2 aromatic rings. The molecule has 0 amide bonds. The summed E-state index contributed by atoms with van der Waals surface area (Å²) in [7, 11) is 0. The van der Waals surface area contributed by atoms with Crippen LogP contribution in [0.25, 0.3) is 0 Å². The number of ether oxygens (including phenoxy) is 1. The maximum atomic E-state index is 13.1. The molecule has 0 aliphatic heterocycles. The van der Waals surface area contributed by atoms with Crippen LogP contribution >= 0.6 is 0 Å². The molecule has 0 unspecified atom stereocenters. The highest BCUT2D eigenvalue weighted by Crippen LogP contribution is 2.27. The lowest BCUT2D eigenvalue weighted by Gasteiger charge is -2.09. The van der Waals surface area contributed by atoms with Crippen molar-refractivity contribution in [3.63, 3.8) is 0 Å². The zero-order chi connectivity index (χ0) is 14.4.